The first-order valence-corrected chi connectivity index (χ1v) is 5.54. The number of hydrogen-bond donors (Lipinski definition) is 1. The molecule has 0 unspecified atom stereocenters. The quantitative estimate of drug-likeness (QED) is 0.752. The Labute approximate surface area is 78.3 Å². The van der Waals surface area contributed by atoms with Gasteiger partial charge in [0.2, 0.25) is 5.09 Å². The lowest BCUT2D eigenvalue weighted by molar-refractivity contribution is 0.387. The topological polar surface area (TPSA) is 67.5 Å². The molecule has 1 aromatic heterocycles. The summed E-state index contributed by atoms with van der Waals surface area (Å²) in [6, 6.07) is 2.75. The third kappa shape index (κ3) is 3.61. The third-order valence-corrected chi connectivity index (χ3v) is 1.97. The molecule has 0 atom stereocenters. The second kappa shape index (κ2) is 5.04. The molecule has 0 saturated carbocycles. The highest BCUT2D eigenvalue weighted by Gasteiger charge is 2.13. The summed E-state index contributed by atoms with van der Waals surface area (Å²) in [5, 5.41) is -0.394. The zero-order valence-electron chi connectivity index (χ0n) is 7.94. The molecule has 1 heterocycles. The summed E-state index contributed by atoms with van der Waals surface area (Å²) in [6.07, 6.45) is 0.607. The van der Waals surface area contributed by atoms with E-state index in [0.717, 1.165) is 0 Å². The van der Waals surface area contributed by atoms with Gasteiger partial charge in [-0.25, -0.2) is 0 Å². The van der Waals surface area contributed by atoms with Crippen LogP contribution < -0.4 is 0 Å². The van der Waals surface area contributed by atoms with Crippen molar-refractivity contribution in [2.24, 2.45) is 0 Å². The molecule has 5 heteroatoms. The van der Waals surface area contributed by atoms with Crippen LogP contribution in [0.4, 0.5) is 0 Å². The molecule has 0 aliphatic rings. The van der Waals surface area contributed by atoms with Crippen LogP contribution in [0.25, 0.3) is 0 Å². The molecule has 0 spiro atoms. The first kappa shape index (κ1) is 12.2. The molecule has 0 saturated heterocycles. The van der Waals surface area contributed by atoms with Crippen molar-refractivity contribution in [1.82, 2.24) is 0 Å². The van der Waals surface area contributed by atoms with E-state index in [4.69, 9.17) is 8.97 Å². The van der Waals surface area contributed by atoms with Crippen molar-refractivity contribution >= 4 is 10.1 Å². The summed E-state index contributed by atoms with van der Waals surface area (Å²) in [5.74, 6) is 0.539. The molecule has 0 amide bonds. The monoisotopic (exact) mass is 206 g/mol. The maximum atomic E-state index is 10.4. The molecule has 0 radical (unpaired) electrons. The fourth-order valence-electron chi connectivity index (χ4n) is 0.687. The molecule has 1 aromatic rings. The Kier molecular flexibility index (Phi) is 4.72. The summed E-state index contributed by atoms with van der Waals surface area (Å²) in [6.45, 7) is 5.83. The van der Waals surface area contributed by atoms with E-state index >= 15 is 0 Å². The Morgan fingerprint density at radius 3 is 2.15 bits per heavy atom. The summed E-state index contributed by atoms with van der Waals surface area (Å²) >= 11 is 0. The summed E-state index contributed by atoms with van der Waals surface area (Å²) in [4.78, 5) is 0. The second-order valence-corrected chi connectivity index (χ2v) is 3.40. The highest BCUT2D eigenvalue weighted by atomic mass is 32.2. The highest BCUT2D eigenvalue weighted by Crippen LogP contribution is 2.13. The van der Waals surface area contributed by atoms with Crippen molar-refractivity contribution in [3.05, 3.63) is 17.9 Å². The Morgan fingerprint density at radius 2 is 1.92 bits per heavy atom. The fourth-order valence-corrected chi connectivity index (χ4v) is 1.14. The third-order valence-electron chi connectivity index (χ3n) is 1.24. The van der Waals surface area contributed by atoms with Crippen molar-refractivity contribution in [2.75, 3.05) is 0 Å². The number of rotatable bonds is 2. The van der Waals surface area contributed by atoms with Gasteiger partial charge in [-0.1, -0.05) is 20.8 Å². The fraction of sp³-hybridized carbons (Fsp3) is 0.500. The lowest BCUT2D eigenvalue weighted by atomic mass is 10.4. The van der Waals surface area contributed by atoms with Gasteiger partial charge in [0.1, 0.15) is 5.76 Å². The van der Waals surface area contributed by atoms with Crippen molar-refractivity contribution in [3.63, 3.8) is 0 Å². The molecule has 1 rings (SSSR count). The molecule has 13 heavy (non-hydrogen) atoms. The lowest BCUT2D eigenvalue weighted by Gasteiger charge is -1.88. The molecule has 0 aliphatic heterocycles. The van der Waals surface area contributed by atoms with Crippen LogP contribution in [-0.2, 0) is 16.5 Å². The van der Waals surface area contributed by atoms with E-state index in [1.54, 1.807) is 0 Å². The van der Waals surface area contributed by atoms with Crippen LogP contribution in [0.5, 0.6) is 0 Å². The molecule has 0 bridgehead atoms. The first-order valence-electron chi connectivity index (χ1n) is 4.10. The van der Waals surface area contributed by atoms with Crippen LogP contribution in [0.15, 0.2) is 21.6 Å². The zero-order valence-corrected chi connectivity index (χ0v) is 8.76. The van der Waals surface area contributed by atoms with E-state index in [9.17, 15) is 8.42 Å². The van der Waals surface area contributed by atoms with Crippen LogP contribution in [-0.4, -0.2) is 13.0 Å². The second-order valence-electron chi connectivity index (χ2n) is 2.05. The highest BCUT2D eigenvalue weighted by molar-refractivity contribution is 7.85. The van der Waals surface area contributed by atoms with Crippen LogP contribution >= 0.6 is 0 Å². The van der Waals surface area contributed by atoms with Gasteiger partial charge in [0.15, 0.2) is 0 Å². The predicted molar refractivity (Wildman–Crippen MR) is 49.2 cm³/mol. The van der Waals surface area contributed by atoms with Gasteiger partial charge in [-0.05, 0) is 12.1 Å². The maximum Gasteiger partial charge on any atom is 0.328 e. The minimum absolute atomic E-state index is 0.394. The van der Waals surface area contributed by atoms with Gasteiger partial charge in [-0.3, -0.25) is 4.55 Å². The largest absolute Gasteiger partial charge is 0.447 e. The van der Waals surface area contributed by atoms with Gasteiger partial charge in [0.05, 0.1) is 0 Å². The Morgan fingerprint density at radius 1 is 1.38 bits per heavy atom. The maximum absolute atomic E-state index is 10.4. The standard InChI is InChI=1S/C6H8O4S.C2H6/c1-2-5-3-4-6(10-5)11(7,8)9;1-2/h3-4H,2H2,1H3,(H,7,8,9);1-2H3. The van der Waals surface area contributed by atoms with Crippen molar-refractivity contribution in [2.45, 2.75) is 32.3 Å². The van der Waals surface area contributed by atoms with Crippen LogP contribution in [0, 0.1) is 0 Å². The Bertz CT molecular complexity index is 337. The van der Waals surface area contributed by atoms with E-state index in [1.807, 2.05) is 20.8 Å². The molecular weight excluding hydrogens is 192 g/mol. The van der Waals surface area contributed by atoms with Crippen molar-refractivity contribution < 1.29 is 17.4 Å². The van der Waals surface area contributed by atoms with Crippen LogP contribution in [0.3, 0.4) is 0 Å². The lowest BCUT2D eigenvalue weighted by Crippen LogP contribution is -1.94. The van der Waals surface area contributed by atoms with E-state index in [0.29, 0.717) is 12.2 Å². The molecule has 4 nitrogen and oxygen atoms in total. The minimum Gasteiger partial charge on any atom is -0.447 e. The minimum atomic E-state index is -4.16. The Hall–Kier alpha value is -0.810. The van der Waals surface area contributed by atoms with Crippen molar-refractivity contribution in [1.29, 1.82) is 0 Å². The zero-order chi connectivity index (χ0) is 10.5. The molecule has 76 valence electrons. The summed E-state index contributed by atoms with van der Waals surface area (Å²) in [7, 11) is -4.16. The van der Waals surface area contributed by atoms with Gasteiger partial charge < -0.3 is 4.42 Å². The van der Waals surface area contributed by atoms with Gasteiger partial charge in [0.25, 0.3) is 0 Å². The Balaban J connectivity index is 0.000000671. The molecule has 0 aliphatic carbocycles. The van der Waals surface area contributed by atoms with E-state index in [2.05, 4.69) is 0 Å². The van der Waals surface area contributed by atoms with Crippen LogP contribution in [0.2, 0.25) is 0 Å². The number of aryl methyl sites for hydroxylation is 1. The molecule has 0 aromatic carbocycles. The molecular formula is C8H14O4S. The van der Waals surface area contributed by atoms with Gasteiger partial charge in [-0.15, -0.1) is 0 Å². The smallest absolute Gasteiger partial charge is 0.328 e. The first-order chi connectivity index (χ1) is 6.04. The van der Waals surface area contributed by atoms with Crippen molar-refractivity contribution in [3.8, 4) is 0 Å². The molecule has 1 N–H and O–H groups in total. The van der Waals surface area contributed by atoms with Gasteiger partial charge >= 0.3 is 10.1 Å². The predicted octanol–water partition coefficient (Wildman–Crippen LogP) is 2.11. The average Bonchev–Trinajstić information content (AvgIpc) is 2.54. The molecule has 0 fully saturated rings. The van der Waals surface area contributed by atoms with Crippen LogP contribution in [0.1, 0.15) is 26.5 Å². The summed E-state index contributed by atoms with van der Waals surface area (Å²) < 4.78 is 34.1. The van der Waals surface area contributed by atoms with Gasteiger partial charge in [-0.2, -0.15) is 8.42 Å². The summed E-state index contributed by atoms with van der Waals surface area (Å²) in [5.41, 5.74) is 0. The normalized spacial score (nSPS) is 10.5. The van der Waals surface area contributed by atoms with E-state index in [1.165, 1.54) is 12.1 Å². The van der Waals surface area contributed by atoms with E-state index in [-0.39, 0.29) is 0 Å². The average molecular weight is 206 g/mol. The number of hydrogen-bond acceptors (Lipinski definition) is 3. The van der Waals surface area contributed by atoms with E-state index < -0.39 is 15.2 Å². The van der Waals surface area contributed by atoms with Gasteiger partial charge in [0, 0.05) is 6.42 Å². The number of furan rings is 1. The SMILES string of the molecule is CC.CCc1ccc(S(=O)(=O)O)o1.